The lowest BCUT2D eigenvalue weighted by Gasteiger charge is -2.27. The molecule has 5 nitrogen and oxygen atoms in total. The fourth-order valence-corrected chi connectivity index (χ4v) is 3.87. The molecule has 0 bridgehead atoms. The van der Waals surface area contributed by atoms with Crippen LogP contribution in [0.2, 0.25) is 0 Å². The van der Waals surface area contributed by atoms with E-state index in [1.54, 1.807) is 13.1 Å². The summed E-state index contributed by atoms with van der Waals surface area (Å²) in [6, 6.07) is 3.91. The first kappa shape index (κ1) is 16.4. The van der Waals surface area contributed by atoms with Crippen LogP contribution in [0.3, 0.4) is 0 Å². The summed E-state index contributed by atoms with van der Waals surface area (Å²) in [6.07, 6.45) is 1.20. The van der Waals surface area contributed by atoms with E-state index >= 15 is 0 Å². The average molecular weight is 316 g/mol. The highest BCUT2D eigenvalue weighted by molar-refractivity contribution is 7.89. The fraction of sp³-hybridized carbons (Fsp3) is 0.571. The smallest absolute Gasteiger partial charge is 0.243 e. The van der Waals surface area contributed by atoms with Crippen LogP contribution in [0.25, 0.3) is 0 Å². The van der Waals surface area contributed by atoms with Crippen LogP contribution in [-0.4, -0.2) is 34.2 Å². The molecule has 2 unspecified atom stereocenters. The Kier molecular flexibility index (Phi) is 5.32. The van der Waals surface area contributed by atoms with Crippen LogP contribution in [0, 0.1) is 5.82 Å². The largest absolute Gasteiger partial charge is 0.378 e. The van der Waals surface area contributed by atoms with Gasteiger partial charge in [0.1, 0.15) is 10.7 Å². The van der Waals surface area contributed by atoms with Crippen LogP contribution in [-0.2, 0) is 21.3 Å². The first-order chi connectivity index (χ1) is 9.92. The summed E-state index contributed by atoms with van der Waals surface area (Å²) in [5.41, 5.74) is 0.722. The second kappa shape index (κ2) is 6.83. The summed E-state index contributed by atoms with van der Waals surface area (Å²) in [5, 5.41) is 2.92. The highest BCUT2D eigenvalue weighted by atomic mass is 32.2. The van der Waals surface area contributed by atoms with Gasteiger partial charge in [-0.05, 0) is 44.5 Å². The number of hydrogen-bond acceptors (Lipinski definition) is 4. The molecule has 7 heteroatoms. The molecular weight excluding hydrogens is 295 g/mol. The van der Waals surface area contributed by atoms with Gasteiger partial charge in [-0.3, -0.25) is 0 Å². The summed E-state index contributed by atoms with van der Waals surface area (Å²) in [4.78, 5) is -0.297. The highest BCUT2D eigenvalue weighted by Crippen LogP contribution is 2.20. The number of benzene rings is 1. The van der Waals surface area contributed by atoms with E-state index in [2.05, 4.69) is 10.0 Å². The third-order valence-electron chi connectivity index (χ3n) is 3.47. The molecule has 0 amide bonds. The molecule has 1 aliphatic heterocycles. The van der Waals surface area contributed by atoms with Crippen LogP contribution >= 0.6 is 0 Å². The van der Waals surface area contributed by atoms with E-state index in [0.29, 0.717) is 26.0 Å². The molecule has 0 aromatic heterocycles. The Morgan fingerprint density at radius 1 is 1.43 bits per heavy atom. The lowest BCUT2D eigenvalue weighted by Crippen LogP contribution is -2.41. The monoisotopic (exact) mass is 316 g/mol. The number of hydrogen-bond donors (Lipinski definition) is 2. The van der Waals surface area contributed by atoms with Crippen molar-refractivity contribution >= 4 is 10.0 Å². The Labute approximate surface area is 124 Å². The fourth-order valence-electron chi connectivity index (χ4n) is 2.46. The van der Waals surface area contributed by atoms with E-state index in [1.807, 2.05) is 6.92 Å². The van der Waals surface area contributed by atoms with E-state index in [0.717, 1.165) is 5.56 Å². The molecule has 1 aliphatic rings. The number of nitrogens with one attached hydrogen (secondary N) is 2. The zero-order chi connectivity index (χ0) is 15.5. The molecule has 1 heterocycles. The van der Waals surface area contributed by atoms with E-state index < -0.39 is 15.8 Å². The topological polar surface area (TPSA) is 67.4 Å². The highest BCUT2D eigenvalue weighted by Gasteiger charge is 2.27. The Bertz CT molecular complexity index is 592. The van der Waals surface area contributed by atoms with Gasteiger partial charge in [-0.15, -0.1) is 0 Å². The van der Waals surface area contributed by atoms with Gasteiger partial charge in [0.15, 0.2) is 0 Å². The summed E-state index contributed by atoms with van der Waals surface area (Å²) in [6.45, 7) is 2.89. The predicted octanol–water partition coefficient (Wildman–Crippen LogP) is 1.39. The molecule has 1 fully saturated rings. The van der Waals surface area contributed by atoms with Gasteiger partial charge >= 0.3 is 0 Å². The van der Waals surface area contributed by atoms with E-state index in [9.17, 15) is 12.8 Å². The molecule has 1 aromatic rings. The van der Waals surface area contributed by atoms with Gasteiger partial charge < -0.3 is 10.1 Å². The molecule has 2 atom stereocenters. The summed E-state index contributed by atoms with van der Waals surface area (Å²) in [7, 11) is -2.11. The van der Waals surface area contributed by atoms with Crippen LogP contribution < -0.4 is 10.0 Å². The summed E-state index contributed by atoms with van der Waals surface area (Å²) in [5.74, 6) is -0.734. The molecule has 1 aromatic carbocycles. The molecule has 0 saturated carbocycles. The summed E-state index contributed by atoms with van der Waals surface area (Å²) < 4.78 is 46.6. The quantitative estimate of drug-likeness (QED) is 0.861. The molecule has 1 saturated heterocycles. The third-order valence-corrected chi connectivity index (χ3v) is 5.01. The second-order valence-corrected chi connectivity index (χ2v) is 7.00. The average Bonchev–Trinajstić information content (AvgIpc) is 2.40. The Hall–Kier alpha value is -1.02. The Balaban J connectivity index is 2.20. The maximum absolute atomic E-state index is 13.9. The zero-order valence-electron chi connectivity index (χ0n) is 12.2. The van der Waals surface area contributed by atoms with Gasteiger partial charge in [-0.1, -0.05) is 6.07 Å². The number of halogens is 1. The standard InChI is InChI=1S/C14H21FN2O3S/c1-10-7-12(5-6-20-10)17-21(18,19)14-8-11(9-16-2)3-4-13(14)15/h3-4,8,10,12,16-17H,5-7,9H2,1-2H3. The molecule has 118 valence electrons. The van der Waals surface area contributed by atoms with Crippen molar-refractivity contribution < 1.29 is 17.5 Å². The van der Waals surface area contributed by atoms with Crippen molar-refractivity contribution in [2.45, 2.75) is 43.4 Å². The van der Waals surface area contributed by atoms with Gasteiger partial charge in [0.05, 0.1) is 6.10 Å². The van der Waals surface area contributed by atoms with E-state index in [1.165, 1.54) is 12.1 Å². The molecule has 0 spiro atoms. The van der Waals surface area contributed by atoms with Crippen molar-refractivity contribution in [1.82, 2.24) is 10.0 Å². The van der Waals surface area contributed by atoms with Crippen LogP contribution in [0.4, 0.5) is 4.39 Å². The third kappa shape index (κ3) is 4.23. The predicted molar refractivity (Wildman–Crippen MR) is 77.9 cm³/mol. The van der Waals surface area contributed by atoms with Gasteiger partial charge in [0, 0.05) is 19.2 Å². The van der Waals surface area contributed by atoms with Crippen molar-refractivity contribution in [2.24, 2.45) is 0 Å². The maximum atomic E-state index is 13.9. The maximum Gasteiger partial charge on any atom is 0.243 e. The molecule has 0 radical (unpaired) electrons. The van der Waals surface area contributed by atoms with Gasteiger partial charge in [-0.2, -0.15) is 0 Å². The van der Waals surface area contributed by atoms with Crippen LogP contribution in [0.1, 0.15) is 25.3 Å². The Morgan fingerprint density at radius 3 is 2.86 bits per heavy atom. The molecule has 2 N–H and O–H groups in total. The SMILES string of the molecule is CNCc1ccc(F)c(S(=O)(=O)NC2CCOC(C)C2)c1. The zero-order valence-corrected chi connectivity index (χ0v) is 13.0. The molecular formula is C14H21FN2O3S. The van der Waals surface area contributed by atoms with Gasteiger partial charge in [0.25, 0.3) is 0 Å². The lowest BCUT2D eigenvalue weighted by molar-refractivity contribution is 0.0173. The van der Waals surface area contributed by atoms with Crippen LogP contribution in [0.15, 0.2) is 23.1 Å². The molecule has 21 heavy (non-hydrogen) atoms. The van der Waals surface area contributed by atoms with Crippen molar-refractivity contribution in [3.8, 4) is 0 Å². The summed E-state index contributed by atoms with van der Waals surface area (Å²) >= 11 is 0. The first-order valence-corrected chi connectivity index (χ1v) is 8.47. The van der Waals surface area contributed by atoms with Crippen molar-refractivity contribution in [3.05, 3.63) is 29.6 Å². The molecule has 0 aliphatic carbocycles. The number of ether oxygens (including phenoxy) is 1. The van der Waals surface area contributed by atoms with Crippen molar-refractivity contribution in [1.29, 1.82) is 0 Å². The van der Waals surface area contributed by atoms with Gasteiger partial charge in [0.2, 0.25) is 10.0 Å². The minimum Gasteiger partial charge on any atom is -0.378 e. The number of rotatable bonds is 5. The minimum absolute atomic E-state index is 0.00641. The van der Waals surface area contributed by atoms with Gasteiger partial charge in [-0.25, -0.2) is 17.5 Å². The van der Waals surface area contributed by atoms with E-state index in [4.69, 9.17) is 4.74 Å². The number of sulfonamides is 1. The van der Waals surface area contributed by atoms with E-state index in [-0.39, 0.29) is 17.0 Å². The van der Waals surface area contributed by atoms with Crippen molar-refractivity contribution in [2.75, 3.05) is 13.7 Å². The minimum atomic E-state index is -3.86. The van der Waals surface area contributed by atoms with Crippen molar-refractivity contribution in [3.63, 3.8) is 0 Å². The normalized spacial score (nSPS) is 23.2. The Morgan fingerprint density at radius 2 is 2.19 bits per heavy atom. The first-order valence-electron chi connectivity index (χ1n) is 6.99. The second-order valence-electron chi connectivity index (χ2n) is 5.32. The lowest BCUT2D eigenvalue weighted by atomic mass is 10.1. The molecule has 2 rings (SSSR count). The van der Waals surface area contributed by atoms with Crippen LogP contribution in [0.5, 0.6) is 0 Å².